The Balaban J connectivity index is 2.48. The number of primary sulfonamides is 1. The molecular formula is C13H15Cl2N3O2S. The van der Waals surface area contributed by atoms with Crippen molar-refractivity contribution in [2.24, 2.45) is 5.14 Å². The molecule has 0 fully saturated rings. The second-order valence-electron chi connectivity index (χ2n) is 5.00. The third-order valence-electron chi connectivity index (χ3n) is 2.94. The average molecular weight is 348 g/mol. The Morgan fingerprint density at radius 3 is 2.57 bits per heavy atom. The number of nitrogens with two attached hydrogens (primary N) is 1. The first-order chi connectivity index (χ1) is 9.68. The predicted octanol–water partition coefficient (Wildman–Crippen LogP) is 3.01. The SMILES string of the molecule is CC(C)c1nc(S(N)(=O)=O)cn1Cc1cc(Cl)ccc1Cl. The van der Waals surface area contributed by atoms with Crippen LogP contribution in [-0.2, 0) is 16.6 Å². The van der Waals surface area contributed by atoms with E-state index in [0.29, 0.717) is 22.4 Å². The number of aromatic nitrogens is 2. The summed E-state index contributed by atoms with van der Waals surface area (Å²) in [6, 6.07) is 5.14. The first-order valence-electron chi connectivity index (χ1n) is 6.22. The van der Waals surface area contributed by atoms with E-state index in [1.807, 2.05) is 13.8 Å². The van der Waals surface area contributed by atoms with E-state index in [9.17, 15) is 8.42 Å². The molecule has 1 aromatic heterocycles. The van der Waals surface area contributed by atoms with Crippen LogP contribution < -0.4 is 5.14 Å². The van der Waals surface area contributed by atoms with Gasteiger partial charge in [0.15, 0.2) is 5.03 Å². The van der Waals surface area contributed by atoms with Crippen molar-refractivity contribution in [3.05, 3.63) is 45.8 Å². The van der Waals surface area contributed by atoms with E-state index in [4.69, 9.17) is 28.3 Å². The Morgan fingerprint density at radius 1 is 1.33 bits per heavy atom. The fraction of sp³-hybridized carbons (Fsp3) is 0.308. The number of rotatable bonds is 4. The van der Waals surface area contributed by atoms with Crippen molar-refractivity contribution in [3.8, 4) is 0 Å². The molecule has 0 saturated heterocycles. The molecule has 0 aliphatic rings. The van der Waals surface area contributed by atoms with Gasteiger partial charge in [-0.15, -0.1) is 0 Å². The number of hydrogen-bond acceptors (Lipinski definition) is 3. The molecule has 0 amide bonds. The predicted molar refractivity (Wildman–Crippen MR) is 83.3 cm³/mol. The van der Waals surface area contributed by atoms with Crippen LogP contribution in [-0.4, -0.2) is 18.0 Å². The summed E-state index contributed by atoms with van der Waals surface area (Å²) >= 11 is 12.1. The number of benzene rings is 1. The monoisotopic (exact) mass is 347 g/mol. The van der Waals surface area contributed by atoms with Crippen molar-refractivity contribution in [3.63, 3.8) is 0 Å². The fourth-order valence-electron chi connectivity index (χ4n) is 1.98. The van der Waals surface area contributed by atoms with Gasteiger partial charge < -0.3 is 4.57 Å². The highest BCUT2D eigenvalue weighted by molar-refractivity contribution is 7.89. The minimum absolute atomic E-state index is 0.0402. The number of imidazole rings is 1. The third kappa shape index (κ3) is 3.77. The van der Waals surface area contributed by atoms with Crippen molar-refractivity contribution in [1.29, 1.82) is 0 Å². The number of nitrogens with zero attached hydrogens (tertiary/aromatic N) is 2. The zero-order chi connectivity index (χ0) is 15.8. The van der Waals surface area contributed by atoms with Gasteiger partial charge in [0.05, 0.1) is 6.54 Å². The van der Waals surface area contributed by atoms with E-state index >= 15 is 0 Å². The molecule has 2 aromatic rings. The molecule has 0 aliphatic carbocycles. The molecule has 114 valence electrons. The summed E-state index contributed by atoms with van der Waals surface area (Å²) < 4.78 is 24.6. The number of sulfonamides is 1. The molecule has 0 radical (unpaired) electrons. The second-order valence-corrected chi connectivity index (χ2v) is 7.35. The molecule has 21 heavy (non-hydrogen) atoms. The Hall–Kier alpha value is -1.08. The Morgan fingerprint density at radius 2 is 2.00 bits per heavy atom. The van der Waals surface area contributed by atoms with E-state index < -0.39 is 10.0 Å². The molecule has 0 aliphatic heterocycles. The molecule has 0 bridgehead atoms. The van der Waals surface area contributed by atoms with Gasteiger partial charge in [-0.2, -0.15) is 0 Å². The minimum Gasteiger partial charge on any atom is -0.329 e. The van der Waals surface area contributed by atoms with Crippen LogP contribution >= 0.6 is 23.2 Å². The minimum atomic E-state index is -3.84. The van der Waals surface area contributed by atoms with Crippen LogP contribution in [0.2, 0.25) is 10.0 Å². The molecule has 2 rings (SSSR count). The molecule has 5 nitrogen and oxygen atoms in total. The maximum Gasteiger partial charge on any atom is 0.257 e. The lowest BCUT2D eigenvalue weighted by molar-refractivity contribution is 0.594. The van der Waals surface area contributed by atoms with E-state index in [0.717, 1.165) is 5.56 Å². The van der Waals surface area contributed by atoms with Crippen LogP contribution in [0, 0.1) is 0 Å². The normalized spacial score (nSPS) is 12.1. The summed E-state index contributed by atoms with van der Waals surface area (Å²) in [5.74, 6) is 0.661. The lowest BCUT2D eigenvalue weighted by Crippen LogP contribution is -2.12. The van der Waals surface area contributed by atoms with E-state index in [2.05, 4.69) is 4.98 Å². The maximum atomic E-state index is 11.4. The van der Waals surface area contributed by atoms with Crippen molar-refractivity contribution in [2.45, 2.75) is 31.3 Å². The molecule has 0 spiro atoms. The van der Waals surface area contributed by atoms with E-state index in [1.54, 1.807) is 22.8 Å². The largest absolute Gasteiger partial charge is 0.329 e. The van der Waals surface area contributed by atoms with Gasteiger partial charge in [0.1, 0.15) is 5.82 Å². The molecule has 0 atom stereocenters. The molecule has 1 heterocycles. The molecular weight excluding hydrogens is 333 g/mol. The van der Waals surface area contributed by atoms with E-state index in [-0.39, 0.29) is 10.9 Å². The lowest BCUT2D eigenvalue weighted by atomic mass is 10.2. The van der Waals surface area contributed by atoms with Gasteiger partial charge in [-0.05, 0) is 23.8 Å². The maximum absolute atomic E-state index is 11.4. The van der Waals surface area contributed by atoms with Crippen LogP contribution in [0.3, 0.4) is 0 Å². The Kier molecular flexibility index (Phi) is 4.63. The summed E-state index contributed by atoms with van der Waals surface area (Å²) in [7, 11) is -3.84. The molecule has 0 unspecified atom stereocenters. The van der Waals surface area contributed by atoms with Crippen LogP contribution in [0.5, 0.6) is 0 Å². The van der Waals surface area contributed by atoms with Crippen LogP contribution in [0.25, 0.3) is 0 Å². The highest BCUT2D eigenvalue weighted by atomic mass is 35.5. The topological polar surface area (TPSA) is 78.0 Å². The number of halogens is 2. The summed E-state index contributed by atoms with van der Waals surface area (Å²) in [4.78, 5) is 4.10. The second kappa shape index (κ2) is 5.96. The summed E-state index contributed by atoms with van der Waals surface area (Å²) in [5.41, 5.74) is 0.782. The van der Waals surface area contributed by atoms with Crippen LogP contribution in [0.4, 0.5) is 0 Å². The Labute approximate surface area is 133 Å². The van der Waals surface area contributed by atoms with Gasteiger partial charge in [0.25, 0.3) is 10.0 Å². The van der Waals surface area contributed by atoms with Crippen molar-refractivity contribution in [2.75, 3.05) is 0 Å². The van der Waals surface area contributed by atoms with Crippen LogP contribution in [0.1, 0.15) is 31.2 Å². The van der Waals surface area contributed by atoms with Crippen molar-refractivity contribution in [1.82, 2.24) is 9.55 Å². The molecule has 2 N–H and O–H groups in total. The Bertz CT molecular complexity index is 770. The van der Waals surface area contributed by atoms with Crippen molar-refractivity contribution < 1.29 is 8.42 Å². The molecule has 1 aromatic carbocycles. The molecule has 8 heteroatoms. The van der Waals surface area contributed by atoms with Gasteiger partial charge in [-0.25, -0.2) is 18.5 Å². The van der Waals surface area contributed by atoms with Gasteiger partial charge in [0, 0.05) is 22.2 Å². The van der Waals surface area contributed by atoms with Gasteiger partial charge in [-0.3, -0.25) is 0 Å². The number of hydrogen-bond donors (Lipinski definition) is 1. The summed E-state index contributed by atoms with van der Waals surface area (Å²) in [6.07, 6.45) is 1.42. The summed E-state index contributed by atoms with van der Waals surface area (Å²) in [6.45, 7) is 4.21. The van der Waals surface area contributed by atoms with Gasteiger partial charge in [-0.1, -0.05) is 37.0 Å². The first-order valence-corrected chi connectivity index (χ1v) is 8.52. The zero-order valence-electron chi connectivity index (χ0n) is 11.5. The smallest absolute Gasteiger partial charge is 0.257 e. The van der Waals surface area contributed by atoms with Crippen molar-refractivity contribution >= 4 is 33.2 Å². The highest BCUT2D eigenvalue weighted by Gasteiger charge is 2.19. The molecule has 0 saturated carbocycles. The van der Waals surface area contributed by atoms with Gasteiger partial charge >= 0.3 is 0 Å². The summed E-state index contributed by atoms with van der Waals surface area (Å²) in [5, 5.41) is 6.10. The highest BCUT2D eigenvalue weighted by Crippen LogP contribution is 2.24. The van der Waals surface area contributed by atoms with E-state index in [1.165, 1.54) is 6.20 Å². The quantitative estimate of drug-likeness (QED) is 0.923. The zero-order valence-corrected chi connectivity index (χ0v) is 13.9. The van der Waals surface area contributed by atoms with Gasteiger partial charge in [0.2, 0.25) is 0 Å². The van der Waals surface area contributed by atoms with Crippen LogP contribution in [0.15, 0.2) is 29.4 Å². The average Bonchev–Trinajstić information content (AvgIpc) is 2.78. The third-order valence-corrected chi connectivity index (χ3v) is 4.33. The lowest BCUT2D eigenvalue weighted by Gasteiger charge is -2.11. The first kappa shape index (κ1) is 16.3. The fourth-order valence-corrected chi connectivity index (χ4v) is 2.84. The standard InChI is InChI=1S/C13H15Cl2N3O2S/c1-8(2)13-17-12(21(16,19)20)7-18(13)6-9-5-10(14)3-4-11(9)15/h3-5,7-8H,6H2,1-2H3,(H2,16,19,20).